The molecular formula is C10H20O2S2. The number of unbranched alkanes of at least 4 members (excludes halogenated alkanes) is 2. The highest BCUT2D eigenvalue weighted by molar-refractivity contribution is 7.99. The smallest absolute Gasteiger partial charge is 0.433 e. The van der Waals surface area contributed by atoms with Crippen LogP contribution >= 0.6 is 11.8 Å². The molecule has 0 aromatic rings. The Morgan fingerprint density at radius 3 is 2.64 bits per heavy atom. The number of carboxylic acids is 1. The number of carboxylic acid groups (broad SMARTS) is 1. The molecule has 4 heteroatoms. The van der Waals surface area contributed by atoms with E-state index in [0.29, 0.717) is 5.75 Å². The van der Waals surface area contributed by atoms with Crippen LogP contribution in [0, 0.1) is 5.92 Å². The van der Waals surface area contributed by atoms with Crippen LogP contribution in [0.3, 0.4) is 0 Å². The van der Waals surface area contributed by atoms with E-state index in [-0.39, 0.29) is 5.97 Å². The number of hydrogen-bond acceptors (Lipinski definition) is 2. The van der Waals surface area contributed by atoms with Gasteiger partial charge in [0, 0.05) is 0 Å². The number of aliphatic hydroxyl groups excluding tert-OH is 1. The van der Waals surface area contributed by atoms with Crippen molar-refractivity contribution < 1.29 is 8.98 Å². The summed E-state index contributed by atoms with van der Waals surface area (Å²) in [6.45, 7) is 4.51. The van der Waals surface area contributed by atoms with Crippen molar-refractivity contribution in [3.05, 3.63) is 0 Å². The average molecular weight is 236 g/mol. The van der Waals surface area contributed by atoms with Gasteiger partial charge in [0.05, 0.1) is 0 Å². The van der Waals surface area contributed by atoms with Crippen molar-refractivity contribution in [2.75, 3.05) is 11.5 Å². The molecular weight excluding hydrogens is 216 g/mol. The zero-order chi connectivity index (χ0) is 10.8. The van der Waals surface area contributed by atoms with Crippen LogP contribution in [-0.4, -0.2) is 22.6 Å². The second-order valence-corrected chi connectivity index (χ2v) is 5.04. The van der Waals surface area contributed by atoms with Gasteiger partial charge in [-0.3, -0.25) is 0 Å². The minimum Gasteiger partial charge on any atom is -0.433 e. The van der Waals surface area contributed by atoms with Gasteiger partial charge < -0.3 is 21.9 Å². The van der Waals surface area contributed by atoms with Gasteiger partial charge in [0.1, 0.15) is 5.75 Å². The van der Waals surface area contributed by atoms with Gasteiger partial charge in [0.15, 0.2) is 0 Å². The second-order valence-electron chi connectivity index (χ2n) is 3.77. The third kappa shape index (κ3) is 10.1. The summed E-state index contributed by atoms with van der Waals surface area (Å²) in [7, 11) is 0. The third-order valence-corrected chi connectivity index (χ3v) is 3.11. The van der Waals surface area contributed by atoms with Crippen molar-refractivity contribution in [3.8, 4) is 0 Å². The minimum atomic E-state index is -0.0489. The lowest BCUT2D eigenvalue weighted by Gasteiger charge is -2.03. The zero-order valence-electron chi connectivity index (χ0n) is 8.99. The number of aliphatic carboxylic acids is 1. The van der Waals surface area contributed by atoms with Crippen LogP contribution in [0.25, 0.3) is 0 Å². The van der Waals surface area contributed by atoms with Gasteiger partial charge in [-0.05, 0) is 18.1 Å². The highest BCUT2D eigenvalue weighted by Gasteiger charge is 2.03. The fourth-order valence-electron chi connectivity index (χ4n) is 1.12. The van der Waals surface area contributed by atoms with Gasteiger partial charge in [0.2, 0.25) is 0 Å². The summed E-state index contributed by atoms with van der Waals surface area (Å²) in [4.78, 5) is 0. The van der Waals surface area contributed by atoms with E-state index in [9.17, 15) is 0 Å². The van der Waals surface area contributed by atoms with Crippen LogP contribution in [0.4, 0.5) is 0 Å². The highest BCUT2D eigenvalue weighted by Crippen LogP contribution is 2.11. The van der Waals surface area contributed by atoms with Crippen LogP contribution < -0.4 is 0 Å². The standard InChI is InChI=1S/C10H20O2S2/c1-9(2)6-4-3-5-7-14-8-10(11)12-13/h9,11H,3-8H2,1-2H3. The van der Waals surface area contributed by atoms with Crippen LogP contribution in [0.5, 0.6) is 0 Å². The molecule has 84 valence electrons. The first kappa shape index (κ1) is 14.0. The van der Waals surface area contributed by atoms with Gasteiger partial charge >= 0.3 is 5.97 Å². The highest BCUT2D eigenvalue weighted by atomic mass is 32.2. The third-order valence-electron chi connectivity index (χ3n) is 1.89. The molecule has 0 bridgehead atoms. The van der Waals surface area contributed by atoms with E-state index in [2.05, 4.69) is 30.6 Å². The van der Waals surface area contributed by atoms with Crippen LogP contribution in [0.1, 0.15) is 39.5 Å². The summed E-state index contributed by atoms with van der Waals surface area (Å²) >= 11 is 5.89. The van der Waals surface area contributed by atoms with Crippen LogP contribution in [-0.2, 0) is 16.8 Å². The number of rotatable bonds is 8. The maximum Gasteiger partial charge on any atom is 0.476 e. The molecule has 0 aliphatic rings. The number of hydrogen-bond donors (Lipinski definition) is 1. The maximum absolute atomic E-state index is 8.90. The van der Waals surface area contributed by atoms with E-state index >= 15 is 0 Å². The molecule has 0 aromatic heterocycles. The monoisotopic (exact) mass is 236 g/mol. The molecule has 0 spiro atoms. The molecule has 2 nitrogen and oxygen atoms in total. The summed E-state index contributed by atoms with van der Waals surface area (Å²) in [6, 6.07) is 0. The van der Waals surface area contributed by atoms with Crippen molar-refractivity contribution in [2.45, 2.75) is 39.5 Å². The van der Waals surface area contributed by atoms with E-state index in [1.807, 2.05) is 0 Å². The average Bonchev–Trinajstić information content (AvgIpc) is 2.15. The minimum absolute atomic E-state index is 0.0489. The van der Waals surface area contributed by atoms with Gasteiger partial charge in [-0.15, -0.1) is 11.8 Å². The lowest BCUT2D eigenvalue weighted by Crippen LogP contribution is -2.02. The van der Waals surface area contributed by atoms with E-state index in [4.69, 9.17) is 5.11 Å². The Balaban J connectivity index is 3.07. The largest absolute Gasteiger partial charge is 0.476 e. The molecule has 0 aliphatic carbocycles. The summed E-state index contributed by atoms with van der Waals surface area (Å²) in [5.74, 6) is 2.34. The summed E-state index contributed by atoms with van der Waals surface area (Å²) < 4.78 is 4.24. The molecule has 0 aromatic carbocycles. The molecule has 0 rings (SSSR count). The normalized spacial score (nSPS) is 12.4. The van der Waals surface area contributed by atoms with Crippen LogP contribution in [0.15, 0.2) is 0 Å². The lowest BCUT2D eigenvalue weighted by atomic mass is 10.1. The topological polar surface area (TPSA) is 31.5 Å². The molecule has 0 amide bonds. The Kier molecular flexibility index (Phi) is 9.62. The molecule has 0 unspecified atom stereocenters. The quantitative estimate of drug-likeness (QED) is 0.399. The maximum atomic E-state index is 8.90. The lowest BCUT2D eigenvalue weighted by molar-refractivity contribution is -0.256. The predicted molar refractivity (Wildman–Crippen MR) is 65.6 cm³/mol. The predicted octanol–water partition coefficient (Wildman–Crippen LogP) is 3.02. The Hall–Kier alpha value is 0.0400. The van der Waals surface area contributed by atoms with Crippen molar-refractivity contribution in [2.24, 2.45) is 5.92 Å². The van der Waals surface area contributed by atoms with Crippen LogP contribution in [0.2, 0.25) is 0 Å². The molecule has 0 radical (unpaired) electrons. The zero-order valence-corrected chi connectivity index (χ0v) is 10.6. The Bertz CT molecular complexity index is 158. The Morgan fingerprint density at radius 2 is 2.07 bits per heavy atom. The van der Waals surface area contributed by atoms with Gasteiger partial charge in [0.25, 0.3) is 0 Å². The van der Waals surface area contributed by atoms with Gasteiger partial charge in [-0.1, -0.05) is 33.1 Å². The molecule has 0 aliphatic heterocycles. The fourth-order valence-corrected chi connectivity index (χ4v) is 2.04. The Morgan fingerprint density at radius 1 is 1.36 bits per heavy atom. The van der Waals surface area contributed by atoms with E-state index in [1.54, 1.807) is 11.8 Å². The first-order valence-corrected chi connectivity index (χ1v) is 6.58. The summed E-state index contributed by atoms with van der Waals surface area (Å²) in [5, 5.41) is 8.90. The molecule has 0 fully saturated rings. The summed E-state index contributed by atoms with van der Waals surface area (Å²) in [5.41, 5.74) is 0. The summed E-state index contributed by atoms with van der Waals surface area (Å²) in [6.07, 6.45) is 5.12. The van der Waals surface area contributed by atoms with Gasteiger partial charge in [-0.25, -0.2) is 0 Å². The van der Waals surface area contributed by atoms with Gasteiger partial charge in [-0.2, -0.15) is 0 Å². The van der Waals surface area contributed by atoms with Crippen molar-refractivity contribution in [1.82, 2.24) is 0 Å². The first-order chi connectivity index (χ1) is 6.66. The second kappa shape index (κ2) is 9.59. The van der Waals surface area contributed by atoms with Crippen molar-refractivity contribution in [1.29, 1.82) is 0 Å². The molecule has 0 saturated carbocycles. The molecule has 0 saturated heterocycles. The van der Waals surface area contributed by atoms with E-state index < -0.39 is 0 Å². The molecule has 0 heterocycles. The molecule has 0 atom stereocenters. The SMILES string of the molecule is CC(C)CCCCCSCC(O)=[O+][S-]. The molecule has 14 heavy (non-hydrogen) atoms. The van der Waals surface area contributed by atoms with Crippen molar-refractivity contribution in [3.63, 3.8) is 0 Å². The van der Waals surface area contributed by atoms with Crippen molar-refractivity contribution >= 4 is 30.6 Å². The molecule has 1 N–H and O–H groups in total. The van der Waals surface area contributed by atoms with E-state index in [0.717, 1.165) is 11.7 Å². The van der Waals surface area contributed by atoms with E-state index in [1.165, 1.54) is 25.7 Å². The fraction of sp³-hybridized carbons (Fsp3) is 0.900. The Labute approximate surface area is 96.8 Å². The first-order valence-electron chi connectivity index (χ1n) is 5.09. The number of thioether (sulfide) groups is 1.